The largest absolute Gasteiger partial charge is 0.493 e. The molecule has 32 heavy (non-hydrogen) atoms. The molecular formula is C26H28N4O2. The van der Waals surface area contributed by atoms with Crippen molar-refractivity contribution in [2.75, 3.05) is 19.8 Å². The van der Waals surface area contributed by atoms with Crippen molar-refractivity contribution in [1.82, 2.24) is 19.9 Å². The van der Waals surface area contributed by atoms with Gasteiger partial charge in [-0.2, -0.15) is 0 Å². The number of nitrogens with one attached hydrogen (secondary N) is 1. The third kappa shape index (κ3) is 4.38. The zero-order valence-corrected chi connectivity index (χ0v) is 18.1. The van der Waals surface area contributed by atoms with Gasteiger partial charge in [0.15, 0.2) is 0 Å². The average Bonchev–Trinajstić information content (AvgIpc) is 3.47. The number of rotatable bonds is 8. The topological polar surface area (TPSA) is 74.3 Å². The van der Waals surface area contributed by atoms with Crippen molar-refractivity contribution in [2.24, 2.45) is 0 Å². The molecular weight excluding hydrogens is 400 g/mol. The molecule has 0 spiro atoms. The molecule has 164 valence electrons. The predicted octanol–water partition coefficient (Wildman–Crippen LogP) is 4.20. The molecule has 0 radical (unpaired) electrons. The van der Waals surface area contributed by atoms with Gasteiger partial charge in [-0.25, -0.2) is 0 Å². The molecule has 1 aliphatic rings. The molecule has 2 aromatic carbocycles. The summed E-state index contributed by atoms with van der Waals surface area (Å²) in [5, 5.41) is 11.0. The van der Waals surface area contributed by atoms with Gasteiger partial charge in [0.1, 0.15) is 5.75 Å². The van der Waals surface area contributed by atoms with Gasteiger partial charge in [0.25, 0.3) is 0 Å². The van der Waals surface area contributed by atoms with Crippen LogP contribution in [0.3, 0.4) is 0 Å². The minimum Gasteiger partial charge on any atom is -0.493 e. The summed E-state index contributed by atoms with van der Waals surface area (Å²) in [5.41, 5.74) is 5.40. The Bertz CT molecular complexity index is 1170. The third-order valence-electron chi connectivity index (χ3n) is 6.31. The molecule has 3 heterocycles. The average molecular weight is 429 g/mol. The van der Waals surface area contributed by atoms with Crippen LogP contribution < -0.4 is 4.74 Å². The Morgan fingerprint density at radius 1 is 1.12 bits per heavy atom. The van der Waals surface area contributed by atoms with Gasteiger partial charge >= 0.3 is 0 Å². The van der Waals surface area contributed by atoms with Crippen LogP contribution >= 0.6 is 0 Å². The second-order valence-electron chi connectivity index (χ2n) is 8.32. The summed E-state index contributed by atoms with van der Waals surface area (Å²) in [5.74, 6) is 0.890. The molecule has 0 bridgehead atoms. The van der Waals surface area contributed by atoms with Crippen LogP contribution in [0.15, 0.2) is 67.3 Å². The van der Waals surface area contributed by atoms with E-state index in [0.29, 0.717) is 6.61 Å². The zero-order chi connectivity index (χ0) is 21.8. The number of hydrogen-bond acceptors (Lipinski definition) is 5. The van der Waals surface area contributed by atoms with Gasteiger partial charge in [-0.1, -0.05) is 18.2 Å². The fraction of sp³-hybridized carbons (Fsp3) is 0.308. The lowest BCUT2D eigenvalue weighted by atomic mass is 10.1. The van der Waals surface area contributed by atoms with Crippen LogP contribution in [0.1, 0.15) is 24.0 Å². The highest BCUT2D eigenvalue weighted by Crippen LogP contribution is 2.29. The molecule has 2 aromatic heterocycles. The Labute approximate surface area is 187 Å². The summed E-state index contributed by atoms with van der Waals surface area (Å²) < 4.78 is 6.29. The quantitative estimate of drug-likeness (QED) is 0.440. The molecule has 1 atom stereocenters. The SMILES string of the molecule is OC[C@H]1CCCN1Cc1cc(-c2cnccn2)ccc1OCCc1c[nH]c2ccccc12. The Morgan fingerprint density at radius 3 is 2.94 bits per heavy atom. The maximum atomic E-state index is 9.76. The van der Waals surface area contributed by atoms with Crippen LogP contribution in [0.4, 0.5) is 0 Å². The number of aromatic amines is 1. The van der Waals surface area contributed by atoms with Crippen molar-refractivity contribution in [2.45, 2.75) is 31.8 Å². The number of para-hydroxylation sites is 1. The van der Waals surface area contributed by atoms with Crippen molar-refractivity contribution in [3.05, 3.63) is 78.4 Å². The van der Waals surface area contributed by atoms with E-state index in [2.05, 4.69) is 50.3 Å². The van der Waals surface area contributed by atoms with E-state index in [1.54, 1.807) is 18.6 Å². The first-order valence-corrected chi connectivity index (χ1v) is 11.2. The molecule has 0 saturated carbocycles. The van der Waals surface area contributed by atoms with E-state index in [4.69, 9.17) is 4.74 Å². The van der Waals surface area contributed by atoms with Gasteiger partial charge in [0.05, 0.1) is 25.1 Å². The molecule has 1 aliphatic heterocycles. The van der Waals surface area contributed by atoms with Gasteiger partial charge in [0, 0.05) is 59.6 Å². The summed E-state index contributed by atoms with van der Waals surface area (Å²) in [6.45, 7) is 2.54. The number of H-pyrrole nitrogens is 1. The van der Waals surface area contributed by atoms with Crippen LogP contribution in [0.25, 0.3) is 22.2 Å². The van der Waals surface area contributed by atoms with E-state index in [1.165, 1.54) is 10.9 Å². The van der Waals surface area contributed by atoms with Gasteiger partial charge < -0.3 is 14.8 Å². The second-order valence-corrected chi connectivity index (χ2v) is 8.32. The van der Waals surface area contributed by atoms with Crippen molar-refractivity contribution in [1.29, 1.82) is 0 Å². The number of benzene rings is 2. The van der Waals surface area contributed by atoms with Crippen molar-refractivity contribution in [3.63, 3.8) is 0 Å². The summed E-state index contributed by atoms with van der Waals surface area (Å²) in [7, 11) is 0. The number of aliphatic hydroxyl groups is 1. The normalized spacial score (nSPS) is 16.6. The molecule has 5 rings (SSSR count). The first-order chi connectivity index (χ1) is 15.8. The fourth-order valence-electron chi connectivity index (χ4n) is 4.59. The minimum atomic E-state index is 0.195. The highest BCUT2D eigenvalue weighted by atomic mass is 16.5. The van der Waals surface area contributed by atoms with E-state index >= 15 is 0 Å². The first kappa shape index (κ1) is 20.7. The minimum absolute atomic E-state index is 0.195. The van der Waals surface area contributed by atoms with Gasteiger partial charge in [-0.05, 0) is 49.2 Å². The Balaban J connectivity index is 1.36. The summed E-state index contributed by atoms with van der Waals surface area (Å²) in [6, 6.07) is 14.8. The highest BCUT2D eigenvalue weighted by Gasteiger charge is 2.25. The predicted molar refractivity (Wildman–Crippen MR) is 125 cm³/mol. The maximum absolute atomic E-state index is 9.76. The lowest BCUT2D eigenvalue weighted by molar-refractivity contribution is 0.152. The lowest BCUT2D eigenvalue weighted by Crippen LogP contribution is -2.31. The van der Waals surface area contributed by atoms with E-state index in [0.717, 1.165) is 60.4 Å². The van der Waals surface area contributed by atoms with E-state index in [1.807, 2.05) is 18.2 Å². The van der Waals surface area contributed by atoms with Crippen LogP contribution in [-0.4, -0.2) is 50.8 Å². The molecule has 1 saturated heterocycles. The van der Waals surface area contributed by atoms with Crippen molar-refractivity contribution < 1.29 is 9.84 Å². The van der Waals surface area contributed by atoms with Gasteiger partial charge in [-0.3, -0.25) is 14.9 Å². The van der Waals surface area contributed by atoms with Crippen molar-refractivity contribution in [3.8, 4) is 17.0 Å². The Kier molecular flexibility index (Phi) is 6.14. The summed E-state index contributed by atoms with van der Waals surface area (Å²) >= 11 is 0. The summed E-state index contributed by atoms with van der Waals surface area (Å²) in [4.78, 5) is 14.3. The molecule has 0 amide bonds. The fourth-order valence-corrected chi connectivity index (χ4v) is 4.59. The monoisotopic (exact) mass is 428 g/mol. The maximum Gasteiger partial charge on any atom is 0.123 e. The zero-order valence-electron chi connectivity index (χ0n) is 18.1. The number of ether oxygens (including phenoxy) is 1. The molecule has 6 heteroatoms. The lowest BCUT2D eigenvalue weighted by Gasteiger charge is -2.24. The van der Waals surface area contributed by atoms with Gasteiger partial charge in [0.2, 0.25) is 0 Å². The van der Waals surface area contributed by atoms with Crippen LogP contribution in [0.5, 0.6) is 5.75 Å². The molecule has 6 nitrogen and oxygen atoms in total. The van der Waals surface area contributed by atoms with Crippen molar-refractivity contribution >= 4 is 10.9 Å². The highest BCUT2D eigenvalue weighted by molar-refractivity contribution is 5.83. The molecule has 0 unspecified atom stereocenters. The number of fused-ring (bicyclic) bond motifs is 1. The van der Waals surface area contributed by atoms with E-state index < -0.39 is 0 Å². The van der Waals surface area contributed by atoms with Gasteiger partial charge in [-0.15, -0.1) is 0 Å². The third-order valence-corrected chi connectivity index (χ3v) is 6.31. The number of aromatic nitrogens is 3. The standard InChI is InChI=1S/C26H28N4O2/c31-18-22-4-3-12-30(22)17-21-14-19(25-16-27-10-11-28-25)7-8-26(21)32-13-9-20-15-29-24-6-2-1-5-23(20)24/h1-2,5-8,10-11,14-16,22,29,31H,3-4,9,12-13,17-18H2/t22-/m1/s1. The number of hydrogen-bond donors (Lipinski definition) is 2. The Morgan fingerprint density at radius 2 is 2.06 bits per heavy atom. The molecule has 4 aromatic rings. The molecule has 2 N–H and O–H groups in total. The number of nitrogens with zero attached hydrogens (tertiary/aromatic N) is 3. The summed E-state index contributed by atoms with van der Waals surface area (Å²) in [6.07, 6.45) is 10.2. The van der Waals surface area contributed by atoms with Crippen LogP contribution in [0, 0.1) is 0 Å². The Hall–Kier alpha value is -3.22. The first-order valence-electron chi connectivity index (χ1n) is 11.2. The molecule has 1 fully saturated rings. The second kappa shape index (κ2) is 9.51. The van der Waals surface area contributed by atoms with Crippen LogP contribution in [-0.2, 0) is 13.0 Å². The molecule has 0 aliphatic carbocycles. The number of aliphatic hydroxyl groups excluding tert-OH is 1. The van der Waals surface area contributed by atoms with E-state index in [-0.39, 0.29) is 12.6 Å². The van der Waals surface area contributed by atoms with E-state index in [9.17, 15) is 5.11 Å². The number of likely N-dealkylation sites (tertiary alicyclic amines) is 1. The smallest absolute Gasteiger partial charge is 0.123 e. The van der Waals surface area contributed by atoms with Crippen LogP contribution in [0.2, 0.25) is 0 Å².